The van der Waals surface area contributed by atoms with E-state index in [-0.39, 0.29) is 11.6 Å². The lowest BCUT2D eigenvalue weighted by molar-refractivity contribution is 0.442. The van der Waals surface area contributed by atoms with Crippen molar-refractivity contribution in [2.24, 2.45) is 5.73 Å². The summed E-state index contributed by atoms with van der Waals surface area (Å²) in [5.74, 6) is 0.358. The molecule has 0 aliphatic carbocycles. The first-order chi connectivity index (χ1) is 8.56. The molecule has 0 saturated heterocycles. The van der Waals surface area contributed by atoms with Crippen LogP contribution in [0.1, 0.15) is 11.1 Å². The summed E-state index contributed by atoms with van der Waals surface area (Å²) in [6, 6.07) is 11.6. The molecule has 0 radical (unpaired) electrons. The highest BCUT2D eigenvalue weighted by molar-refractivity contribution is 7.80. The molecule has 2 rings (SSSR count). The van der Waals surface area contributed by atoms with Crippen LogP contribution < -0.4 is 10.5 Å². The van der Waals surface area contributed by atoms with Crippen LogP contribution >= 0.6 is 12.2 Å². The summed E-state index contributed by atoms with van der Waals surface area (Å²) < 4.78 is 19.0. The second kappa shape index (κ2) is 5.14. The summed E-state index contributed by atoms with van der Waals surface area (Å²) in [5.41, 5.74) is 7.18. The van der Waals surface area contributed by atoms with Gasteiger partial charge < -0.3 is 10.5 Å². The van der Waals surface area contributed by atoms with Crippen molar-refractivity contribution in [3.05, 3.63) is 59.4 Å². The Hall–Kier alpha value is -1.94. The fraction of sp³-hybridized carbons (Fsp3) is 0.0714. The highest BCUT2D eigenvalue weighted by atomic mass is 32.1. The number of rotatable bonds is 3. The molecule has 0 aliphatic rings. The molecule has 0 unspecified atom stereocenters. The molecule has 0 atom stereocenters. The lowest BCUT2D eigenvalue weighted by Crippen LogP contribution is -2.08. The number of ether oxygens (including phenoxy) is 1. The lowest BCUT2D eigenvalue weighted by Gasteiger charge is -2.08. The van der Waals surface area contributed by atoms with E-state index in [0.29, 0.717) is 10.7 Å². The van der Waals surface area contributed by atoms with Gasteiger partial charge in [0.15, 0.2) is 11.6 Å². The molecule has 2 N–H and O–H groups in total. The van der Waals surface area contributed by atoms with E-state index in [4.69, 9.17) is 22.7 Å². The average molecular weight is 261 g/mol. The Bertz CT molecular complexity index is 581. The van der Waals surface area contributed by atoms with Gasteiger partial charge in [-0.25, -0.2) is 4.39 Å². The van der Waals surface area contributed by atoms with Gasteiger partial charge in [-0.3, -0.25) is 0 Å². The van der Waals surface area contributed by atoms with E-state index in [1.54, 1.807) is 36.4 Å². The zero-order valence-corrected chi connectivity index (χ0v) is 10.6. The van der Waals surface area contributed by atoms with Crippen LogP contribution in [0.5, 0.6) is 11.5 Å². The van der Waals surface area contributed by atoms with Gasteiger partial charge in [0, 0.05) is 5.56 Å². The Labute approximate surface area is 110 Å². The minimum atomic E-state index is -0.390. The number of halogens is 1. The van der Waals surface area contributed by atoms with Crippen LogP contribution in [0.2, 0.25) is 0 Å². The smallest absolute Gasteiger partial charge is 0.165 e. The molecule has 0 aromatic heterocycles. The summed E-state index contributed by atoms with van der Waals surface area (Å²) in [5, 5.41) is 0. The molecular formula is C14H12FNOS. The van der Waals surface area contributed by atoms with Crippen LogP contribution in [0, 0.1) is 12.7 Å². The zero-order valence-electron chi connectivity index (χ0n) is 9.81. The Morgan fingerprint density at radius 2 is 1.83 bits per heavy atom. The van der Waals surface area contributed by atoms with Crippen molar-refractivity contribution >= 4 is 17.2 Å². The molecule has 0 aliphatic heterocycles. The molecule has 0 heterocycles. The predicted octanol–water partition coefficient (Wildman–Crippen LogP) is 3.56. The van der Waals surface area contributed by atoms with Crippen molar-refractivity contribution in [2.45, 2.75) is 6.92 Å². The van der Waals surface area contributed by atoms with Gasteiger partial charge in [0.1, 0.15) is 10.7 Å². The maximum absolute atomic E-state index is 13.5. The minimum absolute atomic E-state index is 0.207. The maximum Gasteiger partial charge on any atom is 0.165 e. The van der Waals surface area contributed by atoms with E-state index >= 15 is 0 Å². The maximum atomic E-state index is 13.5. The fourth-order valence-corrected chi connectivity index (χ4v) is 1.64. The number of nitrogens with two attached hydrogens (primary N) is 1. The van der Waals surface area contributed by atoms with Gasteiger partial charge in [0.25, 0.3) is 0 Å². The first-order valence-corrected chi connectivity index (χ1v) is 5.81. The minimum Gasteiger partial charge on any atom is -0.454 e. The summed E-state index contributed by atoms with van der Waals surface area (Å²) in [6.45, 7) is 1.88. The van der Waals surface area contributed by atoms with Crippen LogP contribution in [0.4, 0.5) is 4.39 Å². The van der Waals surface area contributed by atoms with Crippen molar-refractivity contribution in [3.63, 3.8) is 0 Å². The first kappa shape index (κ1) is 12.5. The largest absolute Gasteiger partial charge is 0.454 e. The van der Waals surface area contributed by atoms with Gasteiger partial charge in [-0.1, -0.05) is 18.3 Å². The molecule has 0 fully saturated rings. The van der Waals surface area contributed by atoms with Crippen LogP contribution in [0.3, 0.4) is 0 Å². The van der Waals surface area contributed by atoms with Crippen LogP contribution in [-0.4, -0.2) is 4.99 Å². The van der Waals surface area contributed by atoms with E-state index in [9.17, 15) is 4.39 Å². The summed E-state index contributed by atoms with van der Waals surface area (Å²) in [7, 11) is 0. The van der Waals surface area contributed by atoms with Gasteiger partial charge >= 0.3 is 0 Å². The summed E-state index contributed by atoms with van der Waals surface area (Å²) in [6.07, 6.45) is 0. The standard InChI is InChI=1S/C14H12FNOS/c1-9-2-7-12(15)13(8-9)17-11-5-3-10(4-6-11)14(16)18/h2-8H,1H3,(H2,16,18). The SMILES string of the molecule is Cc1ccc(F)c(Oc2ccc(C(N)=S)cc2)c1. The Kier molecular flexibility index (Phi) is 3.58. The molecule has 0 bridgehead atoms. The molecule has 0 spiro atoms. The van der Waals surface area contributed by atoms with E-state index in [0.717, 1.165) is 11.1 Å². The van der Waals surface area contributed by atoms with E-state index < -0.39 is 0 Å². The Balaban J connectivity index is 2.23. The third kappa shape index (κ3) is 2.84. The van der Waals surface area contributed by atoms with Gasteiger partial charge in [-0.15, -0.1) is 0 Å². The molecule has 4 heteroatoms. The predicted molar refractivity (Wildman–Crippen MR) is 73.5 cm³/mol. The summed E-state index contributed by atoms with van der Waals surface area (Å²) in [4.78, 5) is 0.322. The molecule has 0 saturated carbocycles. The molecular weight excluding hydrogens is 249 g/mol. The second-order valence-corrected chi connectivity index (χ2v) is 4.36. The lowest BCUT2D eigenvalue weighted by atomic mass is 10.2. The number of hydrogen-bond acceptors (Lipinski definition) is 2. The van der Waals surface area contributed by atoms with E-state index in [2.05, 4.69) is 0 Å². The van der Waals surface area contributed by atoms with Crippen molar-refractivity contribution in [1.82, 2.24) is 0 Å². The third-order valence-electron chi connectivity index (χ3n) is 2.45. The molecule has 18 heavy (non-hydrogen) atoms. The number of benzene rings is 2. The first-order valence-electron chi connectivity index (χ1n) is 5.40. The molecule has 2 nitrogen and oxygen atoms in total. The third-order valence-corrected chi connectivity index (χ3v) is 2.69. The highest BCUT2D eigenvalue weighted by Crippen LogP contribution is 2.25. The molecule has 92 valence electrons. The number of aryl methyl sites for hydroxylation is 1. The Morgan fingerprint density at radius 1 is 1.17 bits per heavy atom. The van der Waals surface area contributed by atoms with Crippen molar-refractivity contribution in [2.75, 3.05) is 0 Å². The van der Waals surface area contributed by atoms with E-state index in [1.165, 1.54) is 6.07 Å². The zero-order chi connectivity index (χ0) is 13.1. The topological polar surface area (TPSA) is 35.2 Å². The van der Waals surface area contributed by atoms with E-state index in [1.807, 2.05) is 6.92 Å². The van der Waals surface area contributed by atoms with Crippen LogP contribution in [0.15, 0.2) is 42.5 Å². The van der Waals surface area contributed by atoms with Gasteiger partial charge in [-0.2, -0.15) is 0 Å². The number of hydrogen-bond donors (Lipinski definition) is 1. The average Bonchev–Trinajstić information content (AvgIpc) is 2.34. The van der Waals surface area contributed by atoms with Gasteiger partial charge in [0.05, 0.1) is 0 Å². The van der Waals surface area contributed by atoms with Gasteiger partial charge in [-0.05, 0) is 48.9 Å². The van der Waals surface area contributed by atoms with Crippen molar-refractivity contribution in [3.8, 4) is 11.5 Å². The molecule has 0 amide bonds. The monoisotopic (exact) mass is 261 g/mol. The molecule has 2 aromatic rings. The van der Waals surface area contributed by atoms with Crippen LogP contribution in [-0.2, 0) is 0 Å². The summed E-state index contributed by atoms with van der Waals surface area (Å²) >= 11 is 4.85. The van der Waals surface area contributed by atoms with Crippen molar-refractivity contribution in [1.29, 1.82) is 0 Å². The van der Waals surface area contributed by atoms with Gasteiger partial charge in [0.2, 0.25) is 0 Å². The molecule has 2 aromatic carbocycles. The highest BCUT2D eigenvalue weighted by Gasteiger charge is 2.05. The quantitative estimate of drug-likeness (QED) is 0.858. The Morgan fingerprint density at radius 3 is 2.44 bits per heavy atom. The normalized spacial score (nSPS) is 10.1. The van der Waals surface area contributed by atoms with Crippen molar-refractivity contribution < 1.29 is 9.13 Å². The van der Waals surface area contributed by atoms with Crippen LogP contribution in [0.25, 0.3) is 0 Å². The number of thiocarbonyl (C=S) groups is 1. The fourth-order valence-electron chi connectivity index (χ4n) is 1.50. The second-order valence-electron chi connectivity index (χ2n) is 3.92.